The van der Waals surface area contributed by atoms with E-state index in [1.54, 1.807) is 36.4 Å². The van der Waals surface area contributed by atoms with Crippen molar-refractivity contribution in [2.24, 2.45) is 0 Å². The number of nitrogens with zero attached hydrogens (tertiary/aromatic N) is 3. The summed E-state index contributed by atoms with van der Waals surface area (Å²) in [6.45, 7) is 3.64. The smallest absolute Gasteiger partial charge is 0.255 e. The molecule has 0 radical (unpaired) electrons. The van der Waals surface area contributed by atoms with Crippen LogP contribution >= 0.6 is 11.6 Å². The Labute approximate surface area is 248 Å². The lowest BCUT2D eigenvalue weighted by Gasteiger charge is -2.41. The molecule has 3 aromatic rings. The molecule has 42 heavy (non-hydrogen) atoms. The van der Waals surface area contributed by atoms with Crippen molar-refractivity contribution in [3.05, 3.63) is 99.1 Å². The number of carbonyl (C=O) groups excluding carboxylic acids is 1. The summed E-state index contributed by atoms with van der Waals surface area (Å²) in [5.74, 6) is -1.19. The molecule has 0 saturated carbocycles. The lowest BCUT2D eigenvalue weighted by Crippen LogP contribution is -2.50. The monoisotopic (exact) mass is 595 g/mol. The third kappa shape index (κ3) is 5.90. The summed E-state index contributed by atoms with van der Waals surface area (Å²) in [5, 5.41) is 20.9. The van der Waals surface area contributed by atoms with Crippen molar-refractivity contribution in [3.63, 3.8) is 0 Å². The zero-order valence-electron chi connectivity index (χ0n) is 23.3. The molecule has 2 unspecified atom stereocenters. The number of pyridine rings is 1. The average molecular weight is 596 g/mol. The fourth-order valence-corrected chi connectivity index (χ4v) is 5.77. The summed E-state index contributed by atoms with van der Waals surface area (Å²) in [6.07, 6.45) is 3.87. The molecule has 1 N–H and O–H groups in total. The number of amides is 1. The van der Waals surface area contributed by atoms with Crippen LogP contribution in [0.25, 0.3) is 0 Å². The summed E-state index contributed by atoms with van der Waals surface area (Å²) in [5.41, 5.74) is -2.36. The Bertz CT molecular complexity index is 1460. The number of alkyl halides is 1. The Hall–Kier alpha value is -3.42. The fourth-order valence-electron chi connectivity index (χ4n) is 5.65. The van der Waals surface area contributed by atoms with Gasteiger partial charge in [-0.2, -0.15) is 5.26 Å². The van der Waals surface area contributed by atoms with E-state index in [-0.39, 0.29) is 49.3 Å². The zero-order valence-corrected chi connectivity index (χ0v) is 24.0. The lowest BCUT2D eigenvalue weighted by atomic mass is 9.75. The molecular formula is C32H32ClF2N3O4. The fraction of sp³-hybridized carbons (Fsp3) is 0.406. The Morgan fingerprint density at radius 3 is 2.36 bits per heavy atom. The number of hydrogen-bond acceptors (Lipinski definition) is 6. The summed E-state index contributed by atoms with van der Waals surface area (Å²) < 4.78 is 41.9. The number of aromatic nitrogens is 1. The molecule has 0 spiro atoms. The molecule has 220 valence electrons. The largest absolute Gasteiger partial charge is 0.382 e. The van der Waals surface area contributed by atoms with E-state index in [9.17, 15) is 9.90 Å². The van der Waals surface area contributed by atoms with Crippen LogP contribution in [-0.4, -0.2) is 53.0 Å². The van der Waals surface area contributed by atoms with E-state index in [0.717, 1.165) is 19.3 Å². The Kier molecular flexibility index (Phi) is 8.90. The number of fused-ring (bicyclic) bond motifs is 1. The van der Waals surface area contributed by atoms with Crippen molar-refractivity contribution in [1.29, 1.82) is 5.26 Å². The predicted molar refractivity (Wildman–Crippen MR) is 152 cm³/mol. The van der Waals surface area contributed by atoms with Gasteiger partial charge in [0.1, 0.15) is 23.2 Å². The Balaban J connectivity index is 0.000000639. The van der Waals surface area contributed by atoms with Crippen molar-refractivity contribution in [2.45, 2.75) is 56.5 Å². The highest BCUT2D eigenvalue weighted by Crippen LogP contribution is 2.47. The first-order valence-corrected chi connectivity index (χ1v) is 14.3. The van der Waals surface area contributed by atoms with Gasteiger partial charge in [0.2, 0.25) is 0 Å². The minimum Gasteiger partial charge on any atom is -0.382 e. The molecule has 0 aliphatic carbocycles. The van der Waals surface area contributed by atoms with Crippen LogP contribution in [0, 0.1) is 17.1 Å². The molecule has 4 heterocycles. The second kappa shape index (κ2) is 12.4. The first-order valence-electron chi connectivity index (χ1n) is 14.0. The van der Waals surface area contributed by atoms with Gasteiger partial charge in [-0.15, -0.1) is 0 Å². The molecule has 10 heteroatoms. The molecule has 7 nitrogen and oxygen atoms in total. The molecule has 2 saturated heterocycles. The minimum atomic E-state index is -2.04. The maximum Gasteiger partial charge on any atom is 0.255 e. The van der Waals surface area contributed by atoms with Gasteiger partial charge in [-0.05, 0) is 67.3 Å². The maximum atomic E-state index is 15.9. The molecule has 2 atom stereocenters. The molecule has 6 rings (SSSR count). The van der Waals surface area contributed by atoms with Crippen LogP contribution in [0.2, 0.25) is 5.02 Å². The van der Waals surface area contributed by atoms with Gasteiger partial charge in [-0.3, -0.25) is 9.78 Å². The summed E-state index contributed by atoms with van der Waals surface area (Å²) in [4.78, 5) is 19.5. The maximum absolute atomic E-state index is 15.9. The molecule has 1 amide bonds. The highest BCUT2D eigenvalue weighted by Gasteiger charge is 2.51. The van der Waals surface area contributed by atoms with E-state index in [4.69, 9.17) is 26.3 Å². The number of rotatable bonds is 5. The average Bonchev–Trinajstić information content (AvgIpc) is 3.66. The molecule has 2 fully saturated rings. The zero-order chi connectivity index (χ0) is 29.9. The first kappa shape index (κ1) is 30.1. The van der Waals surface area contributed by atoms with Crippen molar-refractivity contribution >= 4 is 17.5 Å². The summed E-state index contributed by atoms with van der Waals surface area (Å²) in [6, 6.07) is 13.7. The minimum absolute atomic E-state index is 0.00490. The van der Waals surface area contributed by atoms with Crippen molar-refractivity contribution in [1.82, 2.24) is 9.88 Å². The van der Waals surface area contributed by atoms with Gasteiger partial charge >= 0.3 is 0 Å². The van der Waals surface area contributed by atoms with Gasteiger partial charge in [0.05, 0.1) is 23.8 Å². The quantitative estimate of drug-likeness (QED) is 0.388. The van der Waals surface area contributed by atoms with Gasteiger partial charge < -0.3 is 19.5 Å². The first-order chi connectivity index (χ1) is 20.1. The number of benzene rings is 2. The van der Waals surface area contributed by atoms with E-state index in [0.29, 0.717) is 21.8 Å². The van der Waals surface area contributed by atoms with E-state index in [1.165, 1.54) is 36.9 Å². The predicted octanol–water partition coefficient (Wildman–Crippen LogP) is 6.01. The highest BCUT2D eigenvalue weighted by molar-refractivity contribution is 6.30. The Morgan fingerprint density at radius 1 is 1.12 bits per heavy atom. The van der Waals surface area contributed by atoms with E-state index < -0.39 is 29.0 Å². The van der Waals surface area contributed by atoms with Crippen molar-refractivity contribution in [2.75, 3.05) is 26.4 Å². The van der Waals surface area contributed by atoms with Gasteiger partial charge in [0.25, 0.3) is 5.91 Å². The van der Waals surface area contributed by atoms with Gasteiger partial charge in [-0.25, -0.2) is 8.78 Å². The van der Waals surface area contributed by atoms with Crippen LogP contribution in [0.3, 0.4) is 0 Å². The molecular weight excluding hydrogens is 564 g/mol. The number of ether oxygens (including phenoxy) is 2. The van der Waals surface area contributed by atoms with Gasteiger partial charge in [-0.1, -0.05) is 23.7 Å². The standard InChI is InChI=1S/C28H24ClF2N3O3.C4H8O/c1-27(36,28(31)8-10-37-11-9-28)19-12-22-24(23(30)13-19)25(18-3-5-20(29)6-4-18)34(26(22)35)16-21-7-2-17(14-32)15-33-21;1-2-4-5-3-1/h2-7,12-13,15,25,36H,8-11,16H2,1H3;1-4H2. The second-order valence-corrected chi connectivity index (χ2v) is 11.4. The van der Waals surface area contributed by atoms with E-state index in [1.807, 2.05) is 6.07 Å². The topological polar surface area (TPSA) is 95.7 Å². The van der Waals surface area contributed by atoms with Gasteiger partial charge in [0.15, 0.2) is 0 Å². The van der Waals surface area contributed by atoms with E-state index in [2.05, 4.69) is 4.98 Å². The number of halogens is 3. The highest BCUT2D eigenvalue weighted by atomic mass is 35.5. The second-order valence-electron chi connectivity index (χ2n) is 10.9. The third-order valence-electron chi connectivity index (χ3n) is 8.23. The molecule has 3 aliphatic heterocycles. The van der Waals surface area contributed by atoms with Crippen LogP contribution in [0.1, 0.15) is 77.0 Å². The SMILES string of the molecule is C1CCOC1.CC(O)(c1cc(F)c2c(c1)C(=O)N(Cc1ccc(C#N)cn1)C2c1ccc(Cl)cc1)C1(F)CCOCC1. The summed E-state index contributed by atoms with van der Waals surface area (Å²) >= 11 is 6.07. The third-order valence-corrected chi connectivity index (χ3v) is 8.48. The number of hydrogen-bond donors (Lipinski definition) is 1. The van der Waals surface area contributed by atoms with Crippen LogP contribution in [0.5, 0.6) is 0 Å². The van der Waals surface area contributed by atoms with Crippen molar-refractivity contribution < 1.29 is 28.2 Å². The number of nitriles is 1. The van der Waals surface area contributed by atoms with Gasteiger partial charge in [0, 0.05) is 61.6 Å². The lowest BCUT2D eigenvalue weighted by molar-refractivity contribution is -0.143. The Morgan fingerprint density at radius 2 is 1.79 bits per heavy atom. The van der Waals surface area contributed by atoms with Crippen LogP contribution < -0.4 is 0 Å². The number of carbonyl (C=O) groups is 1. The number of aliphatic hydroxyl groups is 1. The van der Waals surface area contributed by atoms with Crippen LogP contribution in [0.4, 0.5) is 8.78 Å². The normalized spacial score (nSPS) is 20.7. The molecule has 3 aliphatic rings. The van der Waals surface area contributed by atoms with Crippen LogP contribution in [0.15, 0.2) is 54.7 Å². The molecule has 0 bridgehead atoms. The van der Waals surface area contributed by atoms with Crippen molar-refractivity contribution in [3.8, 4) is 6.07 Å². The molecule has 2 aromatic carbocycles. The molecule has 1 aromatic heterocycles. The van der Waals surface area contributed by atoms with E-state index >= 15 is 8.78 Å². The summed E-state index contributed by atoms with van der Waals surface area (Å²) in [7, 11) is 0. The van der Waals surface area contributed by atoms with Crippen LogP contribution in [-0.2, 0) is 21.6 Å².